The molecule has 0 spiro atoms. The zero-order valence-corrected chi connectivity index (χ0v) is 8.57. The van der Waals surface area contributed by atoms with Crippen molar-refractivity contribution in [2.24, 2.45) is 0 Å². The minimum absolute atomic E-state index is 0.215. The molecule has 0 aromatic heterocycles. The minimum Gasteiger partial charge on any atom is -0.374 e. The third-order valence-corrected chi connectivity index (χ3v) is 2.02. The Balaban J connectivity index is 4.03. The number of nitrogens with zero attached hydrogens (tertiary/aromatic N) is 1. The fraction of sp³-hybridized carbons (Fsp3) is 0.800. The van der Waals surface area contributed by atoms with Gasteiger partial charge in [-0.15, -0.1) is 0 Å². The van der Waals surface area contributed by atoms with E-state index in [0.29, 0.717) is 0 Å². The van der Waals surface area contributed by atoms with E-state index in [-0.39, 0.29) is 5.54 Å². The van der Waals surface area contributed by atoms with Gasteiger partial charge in [0.2, 0.25) is 0 Å². The third-order valence-electron chi connectivity index (χ3n) is 2.02. The Morgan fingerprint density at radius 3 is 2.09 bits per heavy atom. The van der Waals surface area contributed by atoms with Crippen molar-refractivity contribution in [1.82, 2.24) is 4.90 Å². The number of allylic oxidation sites excluding steroid dienone is 1. The van der Waals surface area contributed by atoms with Gasteiger partial charge in [0.1, 0.15) is 0 Å². The summed E-state index contributed by atoms with van der Waals surface area (Å²) in [4.78, 5) is 2.25. The van der Waals surface area contributed by atoms with Crippen LogP contribution in [0.15, 0.2) is 12.3 Å². The van der Waals surface area contributed by atoms with Crippen LogP contribution >= 0.6 is 0 Å². The summed E-state index contributed by atoms with van der Waals surface area (Å²) in [5, 5.41) is 0. The predicted octanol–water partition coefficient (Wildman–Crippen LogP) is 3.03. The highest BCUT2D eigenvalue weighted by molar-refractivity contribution is 4.97. The van der Waals surface area contributed by atoms with Crippen LogP contribution in [0.2, 0.25) is 0 Å². The Kier molecular flexibility index (Phi) is 3.64. The second-order valence-electron chi connectivity index (χ2n) is 4.05. The van der Waals surface area contributed by atoms with Crippen LogP contribution in [0, 0.1) is 0 Å². The van der Waals surface area contributed by atoms with Gasteiger partial charge in [-0.1, -0.05) is 19.9 Å². The summed E-state index contributed by atoms with van der Waals surface area (Å²) in [6.07, 6.45) is 2.28. The molecule has 0 unspecified atom stereocenters. The minimum atomic E-state index is 0.215. The lowest BCUT2D eigenvalue weighted by Crippen LogP contribution is -2.36. The molecule has 66 valence electrons. The van der Waals surface area contributed by atoms with Gasteiger partial charge in [0.05, 0.1) is 0 Å². The van der Waals surface area contributed by atoms with Gasteiger partial charge in [-0.3, -0.25) is 0 Å². The van der Waals surface area contributed by atoms with E-state index in [9.17, 15) is 0 Å². The van der Waals surface area contributed by atoms with Gasteiger partial charge >= 0.3 is 0 Å². The van der Waals surface area contributed by atoms with Crippen LogP contribution in [0.1, 0.15) is 40.5 Å². The standard InChI is InChI=1S/C10H21N/c1-7-8-9(2)11(6)10(3,4)5/h2,7-8H2,1,3-6H3. The first kappa shape index (κ1) is 10.5. The van der Waals surface area contributed by atoms with Crippen molar-refractivity contribution in [3.8, 4) is 0 Å². The largest absolute Gasteiger partial charge is 0.374 e. The molecule has 0 bridgehead atoms. The highest BCUT2D eigenvalue weighted by Crippen LogP contribution is 2.18. The molecule has 0 amide bonds. The van der Waals surface area contributed by atoms with E-state index in [0.717, 1.165) is 6.42 Å². The Bertz CT molecular complexity index is 130. The molecule has 0 aromatic carbocycles. The molecule has 1 nitrogen and oxygen atoms in total. The molecular weight excluding hydrogens is 134 g/mol. The van der Waals surface area contributed by atoms with Crippen LogP contribution < -0.4 is 0 Å². The maximum absolute atomic E-state index is 4.04. The molecule has 0 heterocycles. The fourth-order valence-corrected chi connectivity index (χ4v) is 0.931. The first-order chi connectivity index (χ1) is 4.89. The van der Waals surface area contributed by atoms with E-state index in [4.69, 9.17) is 0 Å². The third kappa shape index (κ3) is 3.45. The van der Waals surface area contributed by atoms with E-state index in [1.807, 2.05) is 0 Å². The molecule has 0 aliphatic heterocycles. The molecular formula is C10H21N. The summed E-state index contributed by atoms with van der Waals surface area (Å²) >= 11 is 0. The zero-order chi connectivity index (χ0) is 9.07. The summed E-state index contributed by atoms with van der Waals surface area (Å²) in [5.74, 6) is 0. The molecule has 0 saturated carbocycles. The quantitative estimate of drug-likeness (QED) is 0.605. The summed E-state index contributed by atoms with van der Waals surface area (Å²) < 4.78 is 0. The Labute approximate surface area is 71.1 Å². The van der Waals surface area contributed by atoms with Gasteiger partial charge < -0.3 is 4.90 Å². The maximum Gasteiger partial charge on any atom is 0.0311 e. The molecule has 0 aromatic rings. The summed E-state index contributed by atoms with van der Waals surface area (Å²) in [7, 11) is 2.11. The lowest BCUT2D eigenvalue weighted by Gasteiger charge is -2.35. The average Bonchev–Trinajstić information content (AvgIpc) is 1.85. The van der Waals surface area contributed by atoms with E-state index < -0.39 is 0 Å². The summed E-state index contributed by atoms with van der Waals surface area (Å²) in [5.41, 5.74) is 1.45. The predicted molar refractivity (Wildman–Crippen MR) is 51.6 cm³/mol. The number of hydrogen-bond donors (Lipinski definition) is 0. The normalized spacial score (nSPS) is 11.4. The molecule has 0 radical (unpaired) electrons. The topological polar surface area (TPSA) is 3.24 Å². The van der Waals surface area contributed by atoms with E-state index in [1.54, 1.807) is 0 Å². The van der Waals surface area contributed by atoms with Gasteiger partial charge in [-0.2, -0.15) is 0 Å². The van der Waals surface area contributed by atoms with Crippen molar-refractivity contribution in [3.05, 3.63) is 12.3 Å². The molecule has 0 N–H and O–H groups in total. The molecule has 11 heavy (non-hydrogen) atoms. The highest BCUT2D eigenvalue weighted by atomic mass is 15.2. The van der Waals surface area contributed by atoms with Crippen LogP contribution in [0.4, 0.5) is 0 Å². The second-order valence-corrected chi connectivity index (χ2v) is 4.05. The Morgan fingerprint density at radius 2 is 1.82 bits per heavy atom. The van der Waals surface area contributed by atoms with Gasteiger partial charge in [-0.05, 0) is 27.2 Å². The van der Waals surface area contributed by atoms with Crippen LogP contribution in [-0.4, -0.2) is 17.5 Å². The second kappa shape index (κ2) is 3.80. The van der Waals surface area contributed by atoms with Crippen LogP contribution in [-0.2, 0) is 0 Å². The number of rotatable bonds is 3. The van der Waals surface area contributed by atoms with Crippen molar-refractivity contribution < 1.29 is 0 Å². The first-order valence-corrected chi connectivity index (χ1v) is 4.31. The molecule has 0 fully saturated rings. The Hall–Kier alpha value is -0.460. The summed E-state index contributed by atoms with van der Waals surface area (Å²) in [6, 6.07) is 0. The van der Waals surface area contributed by atoms with Crippen molar-refractivity contribution >= 4 is 0 Å². The smallest absolute Gasteiger partial charge is 0.0311 e. The SMILES string of the molecule is C=C(CCC)N(C)C(C)(C)C. The molecule has 0 saturated heterocycles. The molecule has 0 atom stereocenters. The summed E-state index contributed by atoms with van der Waals surface area (Å²) in [6.45, 7) is 12.8. The van der Waals surface area contributed by atoms with Gasteiger partial charge in [-0.25, -0.2) is 0 Å². The van der Waals surface area contributed by atoms with E-state index in [1.165, 1.54) is 12.1 Å². The lowest BCUT2D eigenvalue weighted by molar-refractivity contribution is 0.221. The van der Waals surface area contributed by atoms with Crippen molar-refractivity contribution in [1.29, 1.82) is 0 Å². The first-order valence-electron chi connectivity index (χ1n) is 4.31. The zero-order valence-electron chi connectivity index (χ0n) is 8.57. The molecule has 0 aliphatic rings. The average molecular weight is 155 g/mol. The van der Waals surface area contributed by atoms with Crippen molar-refractivity contribution in [2.45, 2.75) is 46.1 Å². The monoisotopic (exact) mass is 155 g/mol. The van der Waals surface area contributed by atoms with E-state index >= 15 is 0 Å². The Morgan fingerprint density at radius 1 is 1.36 bits per heavy atom. The molecule has 1 heteroatoms. The molecule has 0 rings (SSSR count). The van der Waals surface area contributed by atoms with Gasteiger partial charge in [0, 0.05) is 18.3 Å². The highest BCUT2D eigenvalue weighted by Gasteiger charge is 2.17. The maximum atomic E-state index is 4.04. The fourth-order valence-electron chi connectivity index (χ4n) is 0.931. The van der Waals surface area contributed by atoms with Crippen LogP contribution in [0.3, 0.4) is 0 Å². The molecule has 0 aliphatic carbocycles. The van der Waals surface area contributed by atoms with Crippen molar-refractivity contribution in [3.63, 3.8) is 0 Å². The number of hydrogen-bond acceptors (Lipinski definition) is 1. The van der Waals surface area contributed by atoms with Crippen LogP contribution in [0.25, 0.3) is 0 Å². The van der Waals surface area contributed by atoms with Gasteiger partial charge in [0.25, 0.3) is 0 Å². The van der Waals surface area contributed by atoms with Crippen molar-refractivity contribution in [2.75, 3.05) is 7.05 Å². The van der Waals surface area contributed by atoms with E-state index in [2.05, 4.69) is 46.2 Å². The lowest BCUT2D eigenvalue weighted by atomic mass is 10.1. The van der Waals surface area contributed by atoms with Gasteiger partial charge in [0.15, 0.2) is 0 Å². The van der Waals surface area contributed by atoms with Crippen LogP contribution in [0.5, 0.6) is 0 Å².